The number of allylic oxidation sites excluding steroid dienone is 3. The molecule has 0 atom stereocenters. The van der Waals surface area contributed by atoms with E-state index in [1.165, 1.54) is 23.3 Å². The van der Waals surface area contributed by atoms with Crippen LogP contribution in [0.3, 0.4) is 0 Å². The maximum absolute atomic E-state index is 12.1. The Labute approximate surface area is 133 Å². The minimum Gasteiger partial charge on any atom is -0.497 e. The lowest BCUT2D eigenvalue weighted by atomic mass is 10.1. The molecule has 0 aromatic heterocycles. The van der Waals surface area contributed by atoms with E-state index in [0.717, 1.165) is 12.8 Å². The molecule has 0 saturated carbocycles. The predicted octanol–water partition coefficient (Wildman–Crippen LogP) is 3.67. The second-order valence-corrected chi connectivity index (χ2v) is 7.17. The van der Waals surface area contributed by atoms with Crippen molar-refractivity contribution in [1.82, 2.24) is 4.72 Å². The first-order valence-electron chi connectivity index (χ1n) is 7.28. The van der Waals surface area contributed by atoms with Gasteiger partial charge in [-0.2, -0.15) is 0 Å². The summed E-state index contributed by atoms with van der Waals surface area (Å²) in [6.45, 7) is 6.46. The van der Waals surface area contributed by atoms with E-state index in [1.54, 1.807) is 19.2 Å². The fourth-order valence-corrected chi connectivity index (χ4v) is 2.82. The van der Waals surface area contributed by atoms with Gasteiger partial charge >= 0.3 is 0 Å². The lowest BCUT2D eigenvalue weighted by molar-refractivity contribution is 0.414. The van der Waals surface area contributed by atoms with Crippen molar-refractivity contribution in [2.45, 2.75) is 38.5 Å². The molecule has 0 heterocycles. The van der Waals surface area contributed by atoms with Gasteiger partial charge in [0.05, 0.1) is 12.0 Å². The Bertz CT molecular complexity index is 624. The Hall–Kier alpha value is -1.59. The van der Waals surface area contributed by atoms with Crippen LogP contribution in [0.25, 0.3) is 0 Å². The van der Waals surface area contributed by atoms with Gasteiger partial charge in [0, 0.05) is 6.54 Å². The minimum atomic E-state index is -3.48. The molecule has 0 radical (unpaired) electrons. The number of rotatable bonds is 8. The molecule has 1 N–H and O–H groups in total. The van der Waals surface area contributed by atoms with Crippen LogP contribution in [0.2, 0.25) is 0 Å². The van der Waals surface area contributed by atoms with Gasteiger partial charge in [-0.15, -0.1) is 0 Å². The summed E-state index contributed by atoms with van der Waals surface area (Å²) in [6.07, 6.45) is 6.02. The van der Waals surface area contributed by atoms with Crippen LogP contribution in [-0.4, -0.2) is 22.1 Å². The average molecular weight is 323 g/mol. The summed E-state index contributed by atoms with van der Waals surface area (Å²) in [5.41, 5.74) is 2.47. The highest BCUT2D eigenvalue weighted by Crippen LogP contribution is 2.15. The number of benzene rings is 1. The van der Waals surface area contributed by atoms with Crippen molar-refractivity contribution in [1.29, 1.82) is 0 Å². The van der Waals surface area contributed by atoms with E-state index in [1.807, 2.05) is 13.0 Å². The molecule has 1 aromatic rings. The average Bonchev–Trinajstić information content (AvgIpc) is 2.46. The van der Waals surface area contributed by atoms with E-state index in [-0.39, 0.29) is 4.90 Å². The molecule has 5 heteroatoms. The van der Waals surface area contributed by atoms with Crippen molar-refractivity contribution in [3.8, 4) is 5.75 Å². The molecule has 0 aliphatic rings. The van der Waals surface area contributed by atoms with E-state index in [9.17, 15) is 8.42 Å². The molecule has 0 spiro atoms. The standard InChI is InChI=1S/C17H25NO3S/c1-14(2)6-5-7-15(3)12-13-18-22(19,20)17-10-8-16(21-4)9-11-17/h6,8-12,18H,5,7,13H2,1-4H3/b15-12+. The van der Waals surface area contributed by atoms with E-state index < -0.39 is 10.0 Å². The fraction of sp³-hybridized carbons (Fsp3) is 0.412. The van der Waals surface area contributed by atoms with Gasteiger partial charge in [-0.1, -0.05) is 23.3 Å². The van der Waals surface area contributed by atoms with Gasteiger partial charge in [0.1, 0.15) is 5.75 Å². The zero-order chi connectivity index (χ0) is 16.6. The third-order valence-corrected chi connectivity index (χ3v) is 4.62. The van der Waals surface area contributed by atoms with E-state index >= 15 is 0 Å². The fourth-order valence-electron chi connectivity index (χ4n) is 1.85. The molecular weight excluding hydrogens is 298 g/mol. The number of methoxy groups -OCH3 is 1. The topological polar surface area (TPSA) is 55.4 Å². The molecular formula is C17H25NO3S. The number of hydrogen-bond donors (Lipinski definition) is 1. The van der Waals surface area contributed by atoms with Gasteiger partial charge in [0.15, 0.2) is 0 Å². The van der Waals surface area contributed by atoms with E-state index in [4.69, 9.17) is 4.74 Å². The normalized spacial score (nSPS) is 12.1. The Balaban J connectivity index is 2.56. The van der Waals surface area contributed by atoms with Crippen LogP contribution in [0.5, 0.6) is 5.75 Å². The number of nitrogens with one attached hydrogen (secondary N) is 1. The summed E-state index contributed by atoms with van der Waals surface area (Å²) in [6, 6.07) is 6.34. The quantitative estimate of drug-likeness (QED) is 0.743. The van der Waals surface area contributed by atoms with Crippen LogP contribution in [0.4, 0.5) is 0 Å². The van der Waals surface area contributed by atoms with Crippen LogP contribution >= 0.6 is 0 Å². The molecule has 0 aliphatic carbocycles. The van der Waals surface area contributed by atoms with E-state index in [0.29, 0.717) is 12.3 Å². The minimum absolute atomic E-state index is 0.240. The highest BCUT2D eigenvalue weighted by molar-refractivity contribution is 7.89. The maximum atomic E-state index is 12.1. The summed E-state index contributed by atoms with van der Waals surface area (Å²) in [5, 5.41) is 0. The van der Waals surface area contributed by atoms with Crippen molar-refractivity contribution >= 4 is 10.0 Å². The van der Waals surface area contributed by atoms with Crippen LogP contribution in [0.15, 0.2) is 52.5 Å². The first-order valence-corrected chi connectivity index (χ1v) is 8.76. The van der Waals surface area contributed by atoms with Crippen molar-refractivity contribution in [2.75, 3.05) is 13.7 Å². The second-order valence-electron chi connectivity index (χ2n) is 5.40. The molecule has 0 unspecified atom stereocenters. The molecule has 0 aliphatic heterocycles. The third kappa shape index (κ3) is 6.45. The summed E-state index contributed by atoms with van der Waals surface area (Å²) >= 11 is 0. The van der Waals surface area contributed by atoms with Crippen molar-refractivity contribution in [3.63, 3.8) is 0 Å². The summed E-state index contributed by atoms with van der Waals surface area (Å²) in [7, 11) is -1.93. The van der Waals surface area contributed by atoms with Crippen molar-refractivity contribution in [3.05, 3.63) is 47.6 Å². The first-order chi connectivity index (χ1) is 10.3. The summed E-state index contributed by atoms with van der Waals surface area (Å²) in [5.74, 6) is 0.633. The monoisotopic (exact) mass is 323 g/mol. The Kier molecular flexibility index (Phi) is 7.35. The molecule has 22 heavy (non-hydrogen) atoms. The lowest BCUT2D eigenvalue weighted by Crippen LogP contribution is -2.23. The molecule has 4 nitrogen and oxygen atoms in total. The van der Waals surface area contributed by atoms with Gasteiger partial charge in [0.2, 0.25) is 10.0 Å². The molecule has 0 fully saturated rings. The molecule has 0 bridgehead atoms. The Morgan fingerprint density at radius 2 is 1.77 bits per heavy atom. The highest BCUT2D eigenvalue weighted by atomic mass is 32.2. The number of ether oxygens (including phenoxy) is 1. The Morgan fingerprint density at radius 1 is 1.14 bits per heavy atom. The van der Waals surface area contributed by atoms with Crippen LogP contribution < -0.4 is 9.46 Å². The lowest BCUT2D eigenvalue weighted by Gasteiger charge is -2.06. The van der Waals surface area contributed by atoms with Gasteiger partial charge in [-0.3, -0.25) is 0 Å². The molecule has 0 amide bonds. The maximum Gasteiger partial charge on any atom is 0.240 e. The van der Waals surface area contributed by atoms with Crippen LogP contribution in [0.1, 0.15) is 33.6 Å². The number of sulfonamides is 1. The largest absolute Gasteiger partial charge is 0.497 e. The van der Waals surface area contributed by atoms with E-state index in [2.05, 4.69) is 24.6 Å². The third-order valence-electron chi connectivity index (χ3n) is 3.18. The SMILES string of the molecule is COc1ccc(S(=O)(=O)NC/C=C(\C)CCC=C(C)C)cc1. The van der Waals surface area contributed by atoms with Gasteiger partial charge in [-0.25, -0.2) is 13.1 Å². The second kappa shape index (κ2) is 8.76. The Morgan fingerprint density at radius 3 is 2.32 bits per heavy atom. The molecule has 122 valence electrons. The van der Waals surface area contributed by atoms with Gasteiger partial charge in [0.25, 0.3) is 0 Å². The van der Waals surface area contributed by atoms with Crippen LogP contribution in [-0.2, 0) is 10.0 Å². The van der Waals surface area contributed by atoms with Crippen molar-refractivity contribution < 1.29 is 13.2 Å². The van der Waals surface area contributed by atoms with Crippen LogP contribution in [0, 0.1) is 0 Å². The zero-order valence-corrected chi connectivity index (χ0v) is 14.5. The van der Waals surface area contributed by atoms with Crippen molar-refractivity contribution in [2.24, 2.45) is 0 Å². The zero-order valence-electron chi connectivity index (χ0n) is 13.7. The predicted molar refractivity (Wildman–Crippen MR) is 90.6 cm³/mol. The van der Waals surface area contributed by atoms with Gasteiger partial charge in [-0.05, 0) is 57.9 Å². The first kappa shape index (κ1) is 18.5. The summed E-state index contributed by atoms with van der Waals surface area (Å²) < 4.78 is 31.9. The highest BCUT2D eigenvalue weighted by Gasteiger charge is 2.12. The smallest absolute Gasteiger partial charge is 0.240 e. The molecule has 1 rings (SSSR count). The van der Waals surface area contributed by atoms with Gasteiger partial charge < -0.3 is 4.74 Å². The summed E-state index contributed by atoms with van der Waals surface area (Å²) in [4.78, 5) is 0.240. The number of hydrogen-bond acceptors (Lipinski definition) is 3. The molecule has 0 saturated heterocycles. The molecule has 1 aromatic carbocycles.